The van der Waals surface area contributed by atoms with Crippen LogP contribution in [-0.2, 0) is 0 Å². The van der Waals surface area contributed by atoms with Crippen LogP contribution in [-0.4, -0.2) is 32.5 Å². The summed E-state index contributed by atoms with van der Waals surface area (Å²) in [6, 6.07) is -0.690. The average Bonchev–Trinajstić information content (AvgIpc) is 2.49. The van der Waals surface area contributed by atoms with E-state index >= 15 is 0 Å². The predicted molar refractivity (Wildman–Crippen MR) is 44.6 cm³/mol. The molecule has 7 heteroatoms. The van der Waals surface area contributed by atoms with Crippen LogP contribution in [0.1, 0.15) is 24.7 Å². The van der Waals surface area contributed by atoms with E-state index in [0.29, 0.717) is 5.89 Å². The van der Waals surface area contributed by atoms with Crippen molar-refractivity contribution in [2.24, 2.45) is 0 Å². The molecule has 14 heavy (non-hydrogen) atoms. The number of hydrogen-bond donors (Lipinski definition) is 3. The molecule has 7 nitrogen and oxygen atoms in total. The zero-order chi connectivity index (χ0) is 10.7. The first-order valence-corrected chi connectivity index (χ1v) is 3.98. The summed E-state index contributed by atoms with van der Waals surface area (Å²) in [6.07, 6.45) is -2.32. The Morgan fingerprint density at radius 2 is 2.29 bits per heavy atom. The number of aryl methyl sites for hydroxylation is 1. The Hall–Kier alpha value is -1.63. The summed E-state index contributed by atoms with van der Waals surface area (Å²) in [5.74, 6) is 0.394. The van der Waals surface area contributed by atoms with Crippen molar-refractivity contribution in [3.05, 3.63) is 11.7 Å². The highest BCUT2D eigenvalue weighted by Gasteiger charge is 2.22. The predicted octanol–water partition coefficient (Wildman–Crippen LogP) is 0.0675. The van der Waals surface area contributed by atoms with Gasteiger partial charge in [0.15, 0.2) is 0 Å². The van der Waals surface area contributed by atoms with Gasteiger partial charge in [0.05, 0.1) is 6.04 Å². The SMILES string of the molecule is Cc1nc(C(O)[C@H](C)NC(=O)O)no1. The summed E-state index contributed by atoms with van der Waals surface area (Å²) in [5.41, 5.74) is 0. The van der Waals surface area contributed by atoms with Crippen LogP contribution in [0.5, 0.6) is 0 Å². The van der Waals surface area contributed by atoms with Gasteiger partial charge in [-0.25, -0.2) is 4.79 Å². The molecule has 1 unspecified atom stereocenters. The molecule has 1 aromatic heterocycles. The van der Waals surface area contributed by atoms with Crippen molar-refractivity contribution in [1.82, 2.24) is 15.5 Å². The smallest absolute Gasteiger partial charge is 0.404 e. The molecule has 0 bridgehead atoms. The molecule has 0 fully saturated rings. The number of nitrogens with zero attached hydrogens (tertiary/aromatic N) is 2. The largest absolute Gasteiger partial charge is 0.465 e. The van der Waals surface area contributed by atoms with Crippen molar-refractivity contribution in [3.63, 3.8) is 0 Å². The van der Waals surface area contributed by atoms with E-state index in [9.17, 15) is 9.90 Å². The topological polar surface area (TPSA) is 108 Å². The molecule has 1 aromatic rings. The first kappa shape index (κ1) is 10.5. The normalized spacial score (nSPS) is 14.8. The fraction of sp³-hybridized carbons (Fsp3) is 0.571. The maximum atomic E-state index is 10.3. The van der Waals surface area contributed by atoms with E-state index < -0.39 is 18.2 Å². The highest BCUT2D eigenvalue weighted by atomic mass is 16.5. The second-order valence-corrected chi connectivity index (χ2v) is 2.85. The highest BCUT2D eigenvalue weighted by Crippen LogP contribution is 2.12. The lowest BCUT2D eigenvalue weighted by atomic mass is 10.2. The summed E-state index contributed by atoms with van der Waals surface area (Å²) in [5, 5.41) is 23.5. The Morgan fingerprint density at radius 1 is 1.64 bits per heavy atom. The summed E-state index contributed by atoms with van der Waals surface area (Å²) >= 11 is 0. The number of carbonyl (C=O) groups is 1. The maximum Gasteiger partial charge on any atom is 0.404 e. The summed E-state index contributed by atoms with van der Waals surface area (Å²) < 4.78 is 4.64. The molecule has 0 aromatic carbocycles. The quantitative estimate of drug-likeness (QED) is 0.638. The molecule has 0 radical (unpaired) electrons. The van der Waals surface area contributed by atoms with Crippen molar-refractivity contribution in [2.75, 3.05) is 0 Å². The molecule has 2 atom stereocenters. The van der Waals surface area contributed by atoms with Gasteiger partial charge >= 0.3 is 6.09 Å². The van der Waals surface area contributed by atoms with E-state index in [1.165, 1.54) is 6.92 Å². The van der Waals surface area contributed by atoms with Gasteiger partial charge in [-0.2, -0.15) is 4.98 Å². The molecule has 0 saturated heterocycles. The van der Waals surface area contributed by atoms with E-state index in [1.807, 2.05) is 0 Å². The van der Waals surface area contributed by atoms with Gasteiger partial charge in [-0.05, 0) is 6.92 Å². The Kier molecular flexibility index (Phi) is 3.03. The number of aliphatic hydroxyl groups is 1. The van der Waals surface area contributed by atoms with Crippen LogP contribution < -0.4 is 5.32 Å². The monoisotopic (exact) mass is 201 g/mol. The second kappa shape index (κ2) is 4.05. The van der Waals surface area contributed by atoms with Crippen LogP contribution in [0.15, 0.2) is 4.52 Å². The van der Waals surface area contributed by atoms with E-state index in [4.69, 9.17) is 5.11 Å². The van der Waals surface area contributed by atoms with E-state index in [2.05, 4.69) is 20.0 Å². The van der Waals surface area contributed by atoms with Gasteiger partial charge in [0, 0.05) is 6.92 Å². The van der Waals surface area contributed by atoms with Crippen molar-refractivity contribution in [3.8, 4) is 0 Å². The molecule has 0 aliphatic heterocycles. The van der Waals surface area contributed by atoms with Crippen LogP contribution in [0.3, 0.4) is 0 Å². The fourth-order valence-electron chi connectivity index (χ4n) is 0.932. The first-order valence-electron chi connectivity index (χ1n) is 3.98. The van der Waals surface area contributed by atoms with Gasteiger partial charge < -0.3 is 20.1 Å². The Balaban J connectivity index is 2.65. The molecule has 0 spiro atoms. The summed E-state index contributed by atoms with van der Waals surface area (Å²) in [4.78, 5) is 14.0. The third-order valence-electron chi connectivity index (χ3n) is 1.63. The Bertz CT molecular complexity index is 324. The summed E-state index contributed by atoms with van der Waals surface area (Å²) in [7, 11) is 0. The van der Waals surface area contributed by atoms with Crippen LogP contribution in [0.4, 0.5) is 4.79 Å². The minimum absolute atomic E-state index is 0.0729. The Morgan fingerprint density at radius 3 is 2.71 bits per heavy atom. The van der Waals surface area contributed by atoms with Crippen molar-refractivity contribution in [1.29, 1.82) is 0 Å². The number of nitrogens with one attached hydrogen (secondary N) is 1. The van der Waals surface area contributed by atoms with Gasteiger partial charge in [0.2, 0.25) is 11.7 Å². The standard InChI is InChI=1S/C7H11N3O4/c1-3(8-7(12)13)5(11)6-9-4(2)14-10-6/h3,5,8,11H,1-2H3,(H,12,13)/t3-,5?/m0/s1. The van der Waals surface area contributed by atoms with Crippen LogP contribution in [0.2, 0.25) is 0 Å². The molecule has 0 aliphatic carbocycles. The Labute approximate surface area is 79.7 Å². The number of carboxylic acid groups (broad SMARTS) is 1. The van der Waals surface area contributed by atoms with Gasteiger partial charge in [-0.15, -0.1) is 0 Å². The maximum absolute atomic E-state index is 10.3. The number of amides is 1. The van der Waals surface area contributed by atoms with Crippen molar-refractivity contribution < 1.29 is 19.5 Å². The van der Waals surface area contributed by atoms with Gasteiger partial charge in [0.1, 0.15) is 6.10 Å². The molecule has 1 heterocycles. The molecular weight excluding hydrogens is 190 g/mol. The third kappa shape index (κ3) is 2.43. The van der Waals surface area contributed by atoms with Gasteiger partial charge in [0.25, 0.3) is 0 Å². The molecular formula is C7H11N3O4. The molecule has 1 rings (SSSR count). The lowest BCUT2D eigenvalue weighted by molar-refractivity contribution is 0.117. The third-order valence-corrected chi connectivity index (χ3v) is 1.63. The highest BCUT2D eigenvalue weighted by molar-refractivity contribution is 5.64. The number of aliphatic hydroxyl groups excluding tert-OH is 1. The average molecular weight is 201 g/mol. The zero-order valence-electron chi connectivity index (χ0n) is 7.76. The second-order valence-electron chi connectivity index (χ2n) is 2.85. The van der Waals surface area contributed by atoms with Gasteiger partial charge in [-0.1, -0.05) is 5.16 Å². The minimum atomic E-state index is -1.21. The van der Waals surface area contributed by atoms with Crippen molar-refractivity contribution in [2.45, 2.75) is 26.0 Å². The molecule has 1 amide bonds. The molecule has 0 aliphatic rings. The number of hydrogen-bond acceptors (Lipinski definition) is 5. The van der Waals surface area contributed by atoms with Crippen LogP contribution >= 0.6 is 0 Å². The first-order chi connectivity index (χ1) is 6.50. The van der Waals surface area contributed by atoms with E-state index in [1.54, 1.807) is 6.92 Å². The molecule has 3 N–H and O–H groups in total. The van der Waals surface area contributed by atoms with Crippen LogP contribution in [0, 0.1) is 6.92 Å². The molecule has 0 saturated carbocycles. The summed E-state index contributed by atoms with van der Waals surface area (Å²) in [6.45, 7) is 3.09. The van der Waals surface area contributed by atoms with Crippen LogP contribution in [0.25, 0.3) is 0 Å². The van der Waals surface area contributed by atoms with E-state index in [0.717, 1.165) is 0 Å². The minimum Gasteiger partial charge on any atom is -0.465 e. The fourth-order valence-corrected chi connectivity index (χ4v) is 0.932. The zero-order valence-corrected chi connectivity index (χ0v) is 7.76. The van der Waals surface area contributed by atoms with E-state index in [-0.39, 0.29) is 5.82 Å². The number of aromatic nitrogens is 2. The number of rotatable bonds is 3. The lowest BCUT2D eigenvalue weighted by Crippen LogP contribution is -2.36. The molecule has 78 valence electrons. The van der Waals surface area contributed by atoms with Gasteiger partial charge in [-0.3, -0.25) is 0 Å². The lowest BCUT2D eigenvalue weighted by Gasteiger charge is -2.14. The van der Waals surface area contributed by atoms with Crippen molar-refractivity contribution >= 4 is 6.09 Å².